The number of carbonyl (C=O) groups is 5. The molecule has 14 nitrogen and oxygen atoms in total. The second-order valence-electron chi connectivity index (χ2n) is 8.62. The molecule has 0 aliphatic carbocycles. The highest BCUT2D eigenvalue weighted by Gasteiger charge is 2.48. The highest BCUT2D eigenvalue weighted by molar-refractivity contribution is 7.80. The standard InChI is InChI=1S/C22H29N7O7S/c1-10(2)17(20(35)36)28(18(33)15(9-16(31)32)25-11(3)30)29-19(34)14(27-22(29)37)8-12-4-6-13(7-5-12)26-21(23)24/h4-7,10,14-15,17H,8-9H2,1-3H3,(H,25,30)(H,27,37)(H,31,32)(H,35,36)(H4,23,24,26)/t14?,15-,17-/m0/s1. The molecule has 1 saturated heterocycles. The van der Waals surface area contributed by atoms with Gasteiger partial charge in [0, 0.05) is 13.3 Å². The minimum absolute atomic E-state index is 0.114. The van der Waals surface area contributed by atoms with Crippen molar-refractivity contribution in [1.29, 1.82) is 0 Å². The van der Waals surface area contributed by atoms with Gasteiger partial charge < -0.3 is 32.3 Å². The topological polar surface area (TPSA) is 221 Å². The molecule has 0 radical (unpaired) electrons. The van der Waals surface area contributed by atoms with Crippen LogP contribution in [0, 0.1) is 5.92 Å². The largest absolute Gasteiger partial charge is 0.481 e. The number of hydrazine groups is 1. The lowest BCUT2D eigenvalue weighted by atomic mass is 10.0. The lowest BCUT2D eigenvalue weighted by molar-refractivity contribution is -0.171. The Bertz CT molecular complexity index is 1100. The van der Waals surface area contributed by atoms with E-state index >= 15 is 0 Å². The molecule has 0 aromatic heterocycles. The van der Waals surface area contributed by atoms with E-state index in [9.17, 15) is 34.2 Å². The average molecular weight is 536 g/mol. The molecule has 0 saturated carbocycles. The molecule has 0 bridgehead atoms. The Balaban J connectivity index is 2.44. The van der Waals surface area contributed by atoms with E-state index in [0.717, 1.165) is 11.9 Å². The Morgan fingerprint density at radius 2 is 1.78 bits per heavy atom. The number of hydrogen-bond acceptors (Lipinski definition) is 7. The average Bonchev–Trinajstić information content (AvgIpc) is 3.03. The van der Waals surface area contributed by atoms with Crippen LogP contribution in [-0.2, 0) is 30.4 Å². The third kappa shape index (κ3) is 7.36. The van der Waals surface area contributed by atoms with E-state index in [1.54, 1.807) is 24.3 Å². The van der Waals surface area contributed by atoms with Gasteiger partial charge in [-0.3, -0.25) is 19.2 Å². The summed E-state index contributed by atoms with van der Waals surface area (Å²) >= 11 is 5.29. The number of carboxylic acids is 2. The van der Waals surface area contributed by atoms with Crippen LogP contribution in [-0.4, -0.2) is 79.1 Å². The summed E-state index contributed by atoms with van der Waals surface area (Å²) in [6.07, 6.45) is -0.726. The molecule has 1 unspecified atom stereocenters. The van der Waals surface area contributed by atoms with Crippen LogP contribution in [0.25, 0.3) is 0 Å². The zero-order chi connectivity index (χ0) is 28.0. The van der Waals surface area contributed by atoms with Crippen LogP contribution in [0.15, 0.2) is 29.3 Å². The van der Waals surface area contributed by atoms with Crippen molar-refractivity contribution in [2.24, 2.45) is 22.4 Å². The summed E-state index contributed by atoms with van der Waals surface area (Å²) < 4.78 is 0. The van der Waals surface area contributed by atoms with E-state index in [-0.39, 0.29) is 17.5 Å². The molecule has 2 rings (SSSR count). The maximum Gasteiger partial charge on any atom is 0.328 e. The molecule has 1 aliphatic heterocycles. The fraction of sp³-hybridized carbons (Fsp3) is 0.409. The van der Waals surface area contributed by atoms with Gasteiger partial charge >= 0.3 is 11.9 Å². The van der Waals surface area contributed by atoms with E-state index in [1.807, 2.05) is 0 Å². The summed E-state index contributed by atoms with van der Waals surface area (Å²) in [4.78, 5) is 66.0. The maximum atomic E-state index is 13.5. The van der Waals surface area contributed by atoms with E-state index in [0.29, 0.717) is 16.3 Å². The molecule has 1 aliphatic rings. The number of hydrogen-bond donors (Lipinski definition) is 6. The molecular formula is C22H29N7O7S. The number of nitrogens with two attached hydrogens (primary N) is 2. The zero-order valence-electron chi connectivity index (χ0n) is 20.4. The summed E-state index contributed by atoms with van der Waals surface area (Å²) in [5.74, 6) is -6.26. The van der Waals surface area contributed by atoms with Crippen LogP contribution in [0.3, 0.4) is 0 Å². The third-order valence-electron chi connectivity index (χ3n) is 5.27. The molecule has 8 N–H and O–H groups in total. The van der Waals surface area contributed by atoms with E-state index in [1.165, 1.54) is 13.8 Å². The summed E-state index contributed by atoms with van der Waals surface area (Å²) in [7, 11) is 0. The molecule has 1 fully saturated rings. The Kier molecular flexibility index (Phi) is 9.48. The summed E-state index contributed by atoms with van der Waals surface area (Å²) in [5.41, 5.74) is 11.9. The van der Waals surface area contributed by atoms with E-state index < -0.39 is 60.1 Å². The molecule has 3 amide bonds. The van der Waals surface area contributed by atoms with Crippen LogP contribution < -0.4 is 22.1 Å². The second-order valence-corrected chi connectivity index (χ2v) is 9.01. The van der Waals surface area contributed by atoms with Gasteiger partial charge in [-0.2, -0.15) is 5.01 Å². The van der Waals surface area contributed by atoms with Gasteiger partial charge in [0.1, 0.15) is 12.1 Å². The summed E-state index contributed by atoms with van der Waals surface area (Å²) in [6.45, 7) is 4.10. The van der Waals surface area contributed by atoms with Crippen molar-refractivity contribution in [3.8, 4) is 0 Å². The molecule has 3 atom stereocenters. The first kappa shape index (κ1) is 29.0. The quantitative estimate of drug-likeness (QED) is 0.115. The molecule has 200 valence electrons. The Morgan fingerprint density at radius 3 is 2.24 bits per heavy atom. The number of guanidine groups is 1. The molecule has 15 heteroatoms. The number of carbonyl (C=O) groups excluding carboxylic acids is 3. The molecular weight excluding hydrogens is 506 g/mol. The first-order valence-electron chi connectivity index (χ1n) is 11.1. The van der Waals surface area contributed by atoms with Crippen LogP contribution in [0.5, 0.6) is 0 Å². The molecule has 0 spiro atoms. The molecule has 1 heterocycles. The first-order chi connectivity index (χ1) is 17.2. The predicted molar refractivity (Wildman–Crippen MR) is 135 cm³/mol. The van der Waals surface area contributed by atoms with Gasteiger partial charge in [0.15, 0.2) is 17.1 Å². The number of rotatable bonds is 11. The summed E-state index contributed by atoms with van der Waals surface area (Å²) in [5, 5.41) is 25.3. The van der Waals surface area contributed by atoms with Gasteiger partial charge in [0.25, 0.3) is 11.8 Å². The number of carboxylic acid groups (broad SMARTS) is 2. The zero-order valence-corrected chi connectivity index (χ0v) is 21.2. The number of benzene rings is 1. The predicted octanol–water partition coefficient (Wildman–Crippen LogP) is -0.948. The van der Waals surface area contributed by atoms with Gasteiger partial charge in [-0.25, -0.2) is 14.8 Å². The number of aliphatic imine (C=N–C) groups is 1. The smallest absolute Gasteiger partial charge is 0.328 e. The minimum Gasteiger partial charge on any atom is -0.481 e. The monoisotopic (exact) mass is 535 g/mol. The van der Waals surface area contributed by atoms with E-state index in [2.05, 4.69) is 15.6 Å². The second kappa shape index (κ2) is 12.1. The maximum absolute atomic E-state index is 13.5. The number of thiocarbonyl (C=S) groups is 1. The number of nitrogens with zero attached hydrogens (tertiary/aromatic N) is 3. The van der Waals surface area contributed by atoms with Crippen LogP contribution in [0.1, 0.15) is 32.8 Å². The Hall–Kier alpha value is -4.27. The van der Waals surface area contributed by atoms with Gasteiger partial charge in [-0.15, -0.1) is 0 Å². The number of amides is 3. The van der Waals surface area contributed by atoms with Crippen LogP contribution >= 0.6 is 12.2 Å². The first-order valence-corrected chi connectivity index (χ1v) is 11.5. The van der Waals surface area contributed by atoms with Crippen molar-refractivity contribution in [3.05, 3.63) is 29.8 Å². The fourth-order valence-electron chi connectivity index (χ4n) is 3.77. The van der Waals surface area contributed by atoms with Gasteiger partial charge in [-0.1, -0.05) is 26.0 Å². The third-order valence-corrected chi connectivity index (χ3v) is 5.57. The normalized spacial score (nSPS) is 16.5. The highest BCUT2D eigenvalue weighted by Crippen LogP contribution is 2.23. The van der Waals surface area contributed by atoms with Crippen molar-refractivity contribution in [1.82, 2.24) is 20.7 Å². The minimum atomic E-state index is -1.65. The SMILES string of the molecule is CC(=O)N[C@@H](CC(=O)O)C(=O)N([C@H](C(=O)O)C(C)C)N1C(=O)C(Cc2ccc(N=C(N)N)cc2)NC1=S. The lowest BCUT2D eigenvalue weighted by Gasteiger charge is -2.38. The van der Waals surface area contributed by atoms with E-state index in [4.69, 9.17) is 23.7 Å². The number of aliphatic carboxylic acids is 2. The van der Waals surface area contributed by atoms with Gasteiger partial charge in [0.05, 0.1) is 12.1 Å². The lowest BCUT2D eigenvalue weighted by Crippen LogP contribution is -2.63. The molecule has 1 aromatic rings. The van der Waals surface area contributed by atoms with Crippen molar-refractivity contribution < 1.29 is 34.2 Å². The van der Waals surface area contributed by atoms with Gasteiger partial charge in [-0.05, 0) is 35.8 Å². The van der Waals surface area contributed by atoms with Crippen molar-refractivity contribution in [3.63, 3.8) is 0 Å². The van der Waals surface area contributed by atoms with Crippen molar-refractivity contribution >= 4 is 58.6 Å². The molecule has 37 heavy (non-hydrogen) atoms. The van der Waals surface area contributed by atoms with Gasteiger partial charge in [0.2, 0.25) is 5.91 Å². The molecule has 1 aromatic carbocycles. The van der Waals surface area contributed by atoms with Crippen molar-refractivity contribution in [2.45, 2.75) is 51.7 Å². The van der Waals surface area contributed by atoms with Crippen molar-refractivity contribution in [2.75, 3.05) is 0 Å². The number of nitrogens with one attached hydrogen (secondary N) is 2. The van der Waals surface area contributed by atoms with Crippen LogP contribution in [0.2, 0.25) is 0 Å². The summed E-state index contributed by atoms with van der Waals surface area (Å²) in [6, 6.07) is 2.41. The highest BCUT2D eigenvalue weighted by atomic mass is 32.1. The fourth-order valence-corrected chi connectivity index (χ4v) is 4.09. The Morgan fingerprint density at radius 1 is 1.19 bits per heavy atom. The Labute approximate surface area is 217 Å². The van der Waals surface area contributed by atoms with Crippen LogP contribution in [0.4, 0.5) is 5.69 Å².